The Bertz CT molecular complexity index is 1240. The average molecular weight is 520 g/mol. The van der Waals surface area contributed by atoms with E-state index >= 15 is 0 Å². The van der Waals surface area contributed by atoms with E-state index in [0.717, 1.165) is 0 Å². The average Bonchev–Trinajstić information content (AvgIpc) is 2.87. The first kappa shape index (κ1) is 25.5. The molecule has 0 fully saturated rings. The van der Waals surface area contributed by atoms with Crippen molar-refractivity contribution >= 4 is 29.0 Å². The van der Waals surface area contributed by atoms with Crippen molar-refractivity contribution < 1.29 is 31.1 Å². The maximum atomic E-state index is 13.2. The SMILES string of the molecule is FC(F)(F)C(Oc1nc(NNc2ccccc2)nc(N(c2ccccc2)c2ccccc2)n1)C(F)(F)F. The molecule has 0 aliphatic heterocycles. The van der Waals surface area contributed by atoms with E-state index in [2.05, 4.69) is 30.5 Å². The summed E-state index contributed by atoms with van der Waals surface area (Å²) in [6.45, 7) is 0. The molecule has 37 heavy (non-hydrogen) atoms. The highest BCUT2D eigenvalue weighted by atomic mass is 19.4. The molecule has 0 amide bonds. The Morgan fingerprint density at radius 3 is 1.59 bits per heavy atom. The molecule has 4 rings (SSSR count). The first-order valence-corrected chi connectivity index (χ1v) is 10.6. The van der Waals surface area contributed by atoms with E-state index in [1.165, 1.54) is 4.90 Å². The number of rotatable bonds is 8. The Labute approximate surface area is 206 Å². The monoisotopic (exact) mass is 520 g/mol. The minimum absolute atomic E-state index is 0.289. The zero-order valence-electron chi connectivity index (χ0n) is 18.7. The number of alkyl halides is 6. The first-order valence-electron chi connectivity index (χ1n) is 10.6. The van der Waals surface area contributed by atoms with Crippen molar-refractivity contribution in [2.75, 3.05) is 15.8 Å². The smallest absolute Gasteiger partial charge is 0.434 e. The van der Waals surface area contributed by atoms with Gasteiger partial charge in [0.15, 0.2) is 0 Å². The van der Waals surface area contributed by atoms with Crippen LogP contribution in [0.4, 0.5) is 55.3 Å². The molecule has 2 N–H and O–H groups in total. The van der Waals surface area contributed by atoms with Crippen molar-refractivity contribution in [2.45, 2.75) is 18.5 Å². The van der Waals surface area contributed by atoms with Gasteiger partial charge >= 0.3 is 18.4 Å². The quantitative estimate of drug-likeness (QED) is 0.199. The molecule has 0 bridgehead atoms. The number of nitrogens with one attached hydrogen (secondary N) is 2. The van der Waals surface area contributed by atoms with Gasteiger partial charge in [-0.15, -0.1) is 0 Å². The zero-order chi connectivity index (χ0) is 26.5. The Balaban J connectivity index is 1.80. The van der Waals surface area contributed by atoms with E-state index in [4.69, 9.17) is 0 Å². The Morgan fingerprint density at radius 2 is 1.11 bits per heavy atom. The van der Waals surface area contributed by atoms with Crippen LogP contribution in [0, 0.1) is 0 Å². The third-order valence-electron chi connectivity index (χ3n) is 4.74. The van der Waals surface area contributed by atoms with Gasteiger partial charge < -0.3 is 4.74 Å². The summed E-state index contributed by atoms with van der Waals surface area (Å²) in [7, 11) is 0. The Kier molecular flexibility index (Phi) is 7.32. The molecule has 1 heterocycles. The molecule has 0 atom stereocenters. The van der Waals surface area contributed by atoms with E-state index in [-0.39, 0.29) is 11.9 Å². The Hall–Kier alpha value is -4.55. The zero-order valence-corrected chi connectivity index (χ0v) is 18.7. The normalized spacial score (nSPS) is 11.8. The van der Waals surface area contributed by atoms with Crippen LogP contribution in [-0.4, -0.2) is 33.4 Å². The minimum Gasteiger partial charge on any atom is -0.440 e. The molecule has 3 aromatic carbocycles. The van der Waals surface area contributed by atoms with Crippen molar-refractivity contribution in [3.05, 3.63) is 91.0 Å². The van der Waals surface area contributed by atoms with Gasteiger partial charge in [0.25, 0.3) is 6.10 Å². The van der Waals surface area contributed by atoms with Gasteiger partial charge in [0.05, 0.1) is 5.69 Å². The van der Waals surface area contributed by atoms with Gasteiger partial charge in [-0.3, -0.25) is 15.8 Å². The summed E-state index contributed by atoms with van der Waals surface area (Å²) >= 11 is 0. The largest absolute Gasteiger partial charge is 0.440 e. The van der Waals surface area contributed by atoms with Crippen LogP contribution in [0.3, 0.4) is 0 Å². The number of benzene rings is 3. The van der Waals surface area contributed by atoms with Gasteiger partial charge in [-0.05, 0) is 36.4 Å². The van der Waals surface area contributed by atoms with Crippen LogP contribution in [0.15, 0.2) is 91.0 Å². The maximum absolute atomic E-state index is 13.2. The standard InChI is InChI=1S/C24H18F6N6O/c25-23(26,27)19(24(28,29)30)37-22-32-20(35-34-16-10-4-1-5-11-16)31-21(33-22)36(17-12-6-2-7-13-17)18-14-8-3-9-15-18/h1-15,19,34H,(H,31,32,33,35). The highest BCUT2D eigenvalue weighted by Crippen LogP contribution is 2.37. The third kappa shape index (κ3) is 6.57. The van der Waals surface area contributed by atoms with Crippen molar-refractivity contribution in [3.8, 4) is 6.01 Å². The summed E-state index contributed by atoms with van der Waals surface area (Å²) in [5.74, 6) is -0.674. The van der Waals surface area contributed by atoms with Crippen LogP contribution in [0.25, 0.3) is 0 Å². The highest BCUT2D eigenvalue weighted by Gasteiger charge is 2.59. The van der Waals surface area contributed by atoms with Gasteiger partial charge in [0.2, 0.25) is 11.9 Å². The molecule has 0 aliphatic carbocycles. The van der Waals surface area contributed by atoms with Crippen LogP contribution >= 0.6 is 0 Å². The second-order valence-corrected chi connectivity index (χ2v) is 7.45. The van der Waals surface area contributed by atoms with Gasteiger partial charge in [0, 0.05) is 11.4 Å². The number of hydrazine groups is 1. The lowest BCUT2D eigenvalue weighted by Crippen LogP contribution is -2.47. The van der Waals surface area contributed by atoms with Gasteiger partial charge in [-0.1, -0.05) is 54.6 Å². The summed E-state index contributed by atoms with van der Waals surface area (Å²) < 4.78 is 83.5. The van der Waals surface area contributed by atoms with E-state index in [1.54, 1.807) is 91.0 Å². The number of aromatic nitrogens is 3. The molecule has 7 nitrogen and oxygen atoms in total. The predicted molar refractivity (Wildman–Crippen MR) is 125 cm³/mol. The molecule has 1 aromatic heterocycles. The fourth-order valence-electron chi connectivity index (χ4n) is 3.16. The maximum Gasteiger partial charge on any atom is 0.434 e. The van der Waals surface area contributed by atoms with Crippen molar-refractivity contribution in [1.29, 1.82) is 0 Å². The van der Waals surface area contributed by atoms with E-state index < -0.39 is 24.5 Å². The predicted octanol–water partition coefficient (Wildman–Crippen LogP) is 6.65. The van der Waals surface area contributed by atoms with E-state index in [1.807, 2.05) is 0 Å². The van der Waals surface area contributed by atoms with Crippen LogP contribution < -0.4 is 20.5 Å². The summed E-state index contributed by atoms with van der Waals surface area (Å²) in [6, 6.07) is 24.3. The molecule has 0 spiro atoms. The second-order valence-electron chi connectivity index (χ2n) is 7.45. The topological polar surface area (TPSA) is 75.2 Å². The molecule has 0 unspecified atom stereocenters. The number of halogens is 6. The molecule has 0 saturated carbocycles. The lowest BCUT2D eigenvalue weighted by atomic mass is 10.2. The van der Waals surface area contributed by atoms with Crippen molar-refractivity contribution in [3.63, 3.8) is 0 Å². The number of para-hydroxylation sites is 3. The fourth-order valence-corrected chi connectivity index (χ4v) is 3.16. The van der Waals surface area contributed by atoms with Crippen molar-refractivity contribution in [1.82, 2.24) is 15.0 Å². The highest BCUT2D eigenvalue weighted by molar-refractivity contribution is 5.72. The number of anilines is 5. The molecule has 192 valence electrons. The van der Waals surface area contributed by atoms with Gasteiger partial charge in [-0.2, -0.15) is 41.3 Å². The van der Waals surface area contributed by atoms with Crippen LogP contribution in [0.5, 0.6) is 6.01 Å². The van der Waals surface area contributed by atoms with Crippen molar-refractivity contribution in [2.24, 2.45) is 0 Å². The number of hydrogen-bond donors (Lipinski definition) is 2. The fraction of sp³-hybridized carbons (Fsp3) is 0.125. The van der Waals surface area contributed by atoms with Crippen LogP contribution in [0.2, 0.25) is 0 Å². The van der Waals surface area contributed by atoms with Gasteiger partial charge in [-0.25, -0.2) is 0 Å². The third-order valence-corrected chi connectivity index (χ3v) is 4.74. The second kappa shape index (κ2) is 10.6. The molecule has 0 aliphatic rings. The van der Waals surface area contributed by atoms with Crippen LogP contribution in [0.1, 0.15) is 0 Å². The van der Waals surface area contributed by atoms with E-state index in [9.17, 15) is 26.3 Å². The molecule has 13 heteroatoms. The lowest BCUT2D eigenvalue weighted by molar-refractivity contribution is -0.301. The molecule has 4 aromatic rings. The lowest BCUT2D eigenvalue weighted by Gasteiger charge is -2.25. The summed E-state index contributed by atoms with van der Waals surface area (Å²) in [5.41, 5.74) is 6.79. The summed E-state index contributed by atoms with van der Waals surface area (Å²) in [4.78, 5) is 13.1. The number of ether oxygens (including phenoxy) is 1. The molecule has 0 radical (unpaired) electrons. The minimum atomic E-state index is -5.76. The summed E-state index contributed by atoms with van der Waals surface area (Å²) in [5, 5.41) is 0. The van der Waals surface area contributed by atoms with Crippen LogP contribution in [-0.2, 0) is 0 Å². The molecule has 0 saturated heterocycles. The van der Waals surface area contributed by atoms with E-state index in [0.29, 0.717) is 17.1 Å². The summed E-state index contributed by atoms with van der Waals surface area (Å²) in [6.07, 6.45) is -15.7. The molecular weight excluding hydrogens is 502 g/mol. The van der Waals surface area contributed by atoms with Gasteiger partial charge in [0.1, 0.15) is 0 Å². The number of nitrogens with zero attached hydrogens (tertiary/aromatic N) is 4. The first-order chi connectivity index (χ1) is 17.6. The number of hydrogen-bond acceptors (Lipinski definition) is 7. The molecular formula is C24H18F6N6O. The Morgan fingerprint density at radius 1 is 0.622 bits per heavy atom.